The molecule has 1 aliphatic carbocycles. The van der Waals surface area contributed by atoms with Gasteiger partial charge in [0.1, 0.15) is 18.3 Å². The summed E-state index contributed by atoms with van der Waals surface area (Å²) in [6, 6.07) is 0. The predicted molar refractivity (Wildman–Crippen MR) is 103 cm³/mol. The first kappa shape index (κ1) is 23.6. The van der Waals surface area contributed by atoms with Crippen molar-refractivity contribution < 1.29 is 38.8 Å². The number of ether oxygens (including phenoxy) is 3. The van der Waals surface area contributed by atoms with Gasteiger partial charge in [-0.2, -0.15) is 0 Å². The van der Waals surface area contributed by atoms with Crippen LogP contribution in [0.2, 0.25) is 0 Å². The lowest BCUT2D eigenvalue weighted by molar-refractivity contribution is -0.183. The number of esters is 3. The summed E-state index contributed by atoms with van der Waals surface area (Å²) >= 11 is 0. The zero-order valence-electron chi connectivity index (χ0n) is 18.2. The van der Waals surface area contributed by atoms with E-state index in [1.54, 1.807) is 20.8 Å². The molecule has 2 fully saturated rings. The fourth-order valence-electron chi connectivity index (χ4n) is 3.67. The molecule has 2 bridgehead atoms. The van der Waals surface area contributed by atoms with Crippen LogP contribution < -0.4 is 0 Å². The quantitative estimate of drug-likeness (QED) is 0.351. The van der Waals surface area contributed by atoms with Crippen molar-refractivity contribution in [3.8, 4) is 0 Å². The SMILES string of the molecule is CCC(C)C(=O)OC1CCC2(C(=O)OC(CC(C)(C)O)C(C)(C)O)CC1OC2=O. The van der Waals surface area contributed by atoms with Crippen LogP contribution in [-0.2, 0) is 28.6 Å². The van der Waals surface area contributed by atoms with Crippen LogP contribution in [0.1, 0.15) is 73.6 Å². The minimum absolute atomic E-state index is 0.00589. The molecule has 2 rings (SSSR count). The van der Waals surface area contributed by atoms with Gasteiger partial charge >= 0.3 is 17.9 Å². The molecule has 8 nitrogen and oxygen atoms in total. The molecule has 5 atom stereocenters. The predicted octanol–water partition coefficient (Wildman–Crippen LogP) is 1.88. The molecule has 8 heteroatoms. The molecule has 2 N–H and O–H groups in total. The van der Waals surface area contributed by atoms with Crippen molar-refractivity contribution in [2.75, 3.05) is 0 Å². The highest BCUT2D eigenvalue weighted by Crippen LogP contribution is 2.47. The lowest BCUT2D eigenvalue weighted by Gasteiger charge is -2.36. The number of fused-ring (bicyclic) bond motifs is 2. The van der Waals surface area contributed by atoms with Crippen molar-refractivity contribution in [1.82, 2.24) is 0 Å². The Bertz CT molecular complexity index is 644. The summed E-state index contributed by atoms with van der Waals surface area (Å²) in [6.07, 6.45) is -1.09. The maximum atomic E-state index is 13.0. The second-order valence-electron chi connectivity index (χ2n) is 9.62. The first-order valence-corrected chi connectivity index (χ1v) is 10.3. The number of carbonyl (C=O) groups is 3. The van der Waals surface area contributed by atoms with Crippen LogP contribution in [0.25, 0.3) is 0 Å². The molecule has 0 aromatic rings. The van der Waals surface area contributed by atoms with E-state index >= 15 is 0 Å². The minimum atomic E-state index is -1.47. The molecule has 0 spiro atoms. The normalized spacial score (nSPS) is 29.0. The Labute approximate surface area is 171 Å². The fourth-order valence-corrected chi connectivity index (χ4v) is 3.67. The monoisotopic (exact) mass is 414 g/mol. The van der Waals surface area contributed by atoms with E-state index in [4.69, 9.17) is 14.2 Å². The molecule has 1 aliphatic heterocycles. The van der Waals surface area contributed by atoms with E-state index in [2.05, 4.69) is 0 Å². The van der Waals surface area contributed by atoms with Crippen molar-refractivity contribution in [1.29, 1.82) is 0 Å². The van der Waals surface area contributed by atoms with Gasteiger partial charge in [-0.3, -0.25) is 14.4 Å². The Hall–Kier alpha value is -1.67. The van der Waals surface area contributed by atoms with E-state index in [1.807, 2.05) is 6.92 Å². The topological polar surface area (TPSA) is 119 Å². The van der Waals surface area contributed by atoms with Gasteiger partial charge < -0.3 is 24.4 Å². The van der Waals surface area contributed by atoms with E-state index in [-0.39, 0.29) is 31.1 Å². The summed E-state index contributed by atoms with van der Waals surface area (Å²) in [5, 5.41) is 20.5. The van der Waals surface area contributed by atoms with Crippen LogP contribution in [0.5, 0.6) is 0 Å². The maximum Gasteiger partial charge on any atom is 0.324 e. The van der Waals surface area contributed by atoms with E-state index in [9.17, 15) is 24.6 Å². The molecule has 1 saturated heterocycles. The van der Waals surface area contributed by atoms with Crippen molar-refractivity contribution >= 4 is 17.9 Å². The number of carbonyl (C=O) groups excluding carboxylic acids is 3. The van der Waals surface area contributed by atoms with E-state index in [1.165, 1.54) is 13.8 Å². The highest BCUT2D eigenvalue weighted by atomic mass is 16.6. The van der Waals surface area contributed by atoms with Crippen LogP contribution >= 0.6 is 0 Å². The van der Waals surface area contributed by atoms with E-state index in [0.29, 0.717) is 12.8 Å². The molecule has 5 unspecified atom stereocenters. The summed E-state index contributed by atoms with van der Waals surface area (Å²) in [5.41, 5.74) is -4.05. The Morgan fingerprint density at radius 3 is 2.41 bits per heavy atom. The number of hydrogen-bond donors (Lipinski definition) is 2. The zero-order chi connectivity index (χ0) is 22.2. The smallest absolute Gasteiger partial charge is 0.324 e. The van der Waals surface area contributed by atoms with Gasteiger partial charge in [-0.25, -0.2) is 0 Å². The van der Waals surface area contributed by atoms with Gasteiger partial charge in [-0.05, 0) is 47.0 Å². The molecule has 0 aromatic carbocycles. The van der Waals surface area contributed by atoms with Crippen LogP contribution in [0.4, 0.5) is 0 Å². The molecule has 29 heavy (non-hydrogen) atoms. The molecule has 0 radical (unpaired) electrons. The maximum absolute atomic E-state index is 13.0. The molecular formula is C21H34O8. The third-order valence-corrected chi connectivity index (χ3v) is 5.86. The number of aliphatic hydroxyl groups is 2. The molecule has 1 saturated carbocycles. The standard InChI is InChI=1S/C21H34O8/c1-7-12(2)16(22)27-13-8-9-21(10-14(13)28-17(21)23)18(24)29-15(20(5,6)26)11-19(3,4)25/h12-15,25-26H,7-11H2,1-6H3. The van der Waals surface area contributed by atoms with Crippen molar-refractivity contribution in [3.63, 3.8) is 0 Å². The molecule has 0 aromatic heterocycles. The Morgan fingerprint density at radius 1 is 1.28 bits per heavy atom. The summed E-state index contributed by atoms with van der Waals surface area (Å²) in [7, 11) is 0. The average Bonchev–Trinajstić information content (AvgIpc) is 2.86. The average molecular weight is 414 g/mol. The molecular weight excluding hydrogens is 380 g/mol. The number of rotatable bonds is 8. The van der Waals surface area contributed by atoms with Gasteiger partial charge in [0.25, 0.3) is 0 Å². The third kappa shape index (κ3) is 5.28. The summed E-state index contributed by atoms with van der Waals surface area (Å²) in [6.45, 7) is 9.72. The second kappa shape index (κ2) is 8.22. The minimum Gasteiger partial charge on any atom is -0.458 e. The third-order valence-electron chi connectivity index (χ3n) is 5.86. The first-order valence-electron chi connectivity index (χ1n) is 10.3. The number of hydrogen-bond acceptors (Lipinski definition) is 8. The molecule has 1 heterocycles. The van der Waals surface area contributed by atoms with Crippen molar-refractivity contribution in [2.45, 2.75) is 103 Å². The van der Waals surface area contributed by atoms with Gasteiger partial charge in [-0.1, -0.05) is 13.8 Å². The summed E-state index contributed by atoms with van der Waals surface area (Å²) in [4.78, 5) is 37.7. The highest BCUT2D eigenvalue weighted by Gasteiger charge is 2.62. The van der Waals surface area contributed by atoms with Crippen LogP contribution in [-0.4, -0.2) is 57.6 Å². The first-order chi connectivity index (χ1) is 13.2. The molecule has 2 aliphatic rings. The van der Waals surface area contributed by atoms with Crippen molar-refractivity contribution in [2.24, 2.45) is 11.3 Å². The van der Waals surface area contributed by atoms with Gasteiger partial charge in [0.15, 0.2) is 5.41 Å². The van der Waals surface area contributed by atoms with Gasteiger partial charge in [0.2, 0.25) is 0 Å². The lowest BCUT2D eigenvalue weighted by Crippen LogP contribution is -2.49. The summed E-state index contributed by atoms with van der Waals surface area (Å²) < 4.78 is 16.4. The molecule has 166 valence electrons. The molecule has 0 amide bonds. The summed E-state index contributed by atoms with van der Waals surface area (Å²) in [5.74, 6) is -2.05. The zero-order valence-corrected chi connectivity index (χ0v) is 18.2. The van der Waals surface area contributed by atoms with Crippen molar-refractivity contribution in [3.05, 3.63) is 0 Å². The second-order valence-corrected chi connectivity index (χ2v) is 9.62. The van der Waals surface area contributed by atoms with Gasteiger partial charge in [0.05, 0.1) is 17.1 Å². The van der Waals surface area contributed by atoms with Gasteiger partial charge in [0, 0.05) is 12.8 Å². The lowest BCUT2D eigenvalue weighted by atomic mass is 9.74. The Morgan fingerprint density at radius 2 is 1.90 bits per heavy atom. The van der Waals surface area contributed by atoms with E-state index < -0.39 is 46.9 Å². The van der Waals surface area contributed by atoms with Crippen LogP contribution in [0.15, 0.2) is 0 Å². The highest BCUT2D eigenvalue weighted by molar-refractivity contribution is 6.01. The largest absolute Gasteiger partial charge is 0.458 e. The van der Waals surface area contributed by atoms with E-state index in [0.717, 1.165) is 0 Å². The van der Waals surface area contributed by atoms with Crippen LogP contribution in [0, 0.1) is 11.3 Å². The fraction of sp³-hybridized carbons (Fsp3) is 0.857. The van der Waals surface area contributed by atoms with Crippen LogP contribution in [0.3, 0.4) is 0 Å². The Balaban J connectivity index is 2.12. The van der Waals surface area contributed by atoms with Gasteiger partial charge in [-0.15, -0.1) is 0 Å². The Kier molecular flexibility index (Phi) is 6.69.